The van der Waals surface area contributed by atoms with E-state index in [9.17, 15) is 0 Å². The quantitative estimate of drug-likeness (QED) is 0.634. The van der Waals surface area contributed by atoms with Gasteiger partial charge in [-0.15, -0.1) is 0 Å². The Morgan fingerprint density at radius 2 is 2.08 bits per heavy atom. The maximum Gasteiger partial charge on any atom is 0.134 e. The molecule has 2 N–H and O–H groups in total. The van der Waals surface area contributed by atoms with Crippen molar-refractivity contribution in [3.63, 3.8) is 0 Å². The van der Waals surface area contributed by atoms with Crippen LogP contribution in [0.3, 0.4) is 0 Å². The Morgan fingerprint density at radius 3 is 2.83 bits per heavy atom. The van der Waals surface area contributed by atoms with Gasteiger partial charge in [-0.25, -0.2) is 9.97 Å². The molecule has 1 heterocycles. The number of anilines is 1. The Balaban J connectivity index is 2.96. The molecule has 3 nitrogen and oxygen atoms in total. The van der Waals surface area contributed by atoms with Crippen molar-refractivity contribution in [2.45, 2.75) is 6.92 Å². The minimum atomic E-state index is 0.554. The molecule has 0 radical (unpaired) electrons. The Labute approximate surface area is 70.3 Å². The lowest BCUT2D eigenvalue weighted by atomic mass is 10.1. The third-order valence-electron chi connectivity index (χ3n) is 1.90. The Bertz CT molecular complexity index is 386. The molecule has 0 aliphatic carbocycles. The normalized spacial score (nSPS) is 10.4. The lowest BCUT2D eigenvalue weighted by Gasteiger charge is -2.01. The molecule has 2 aromatic rings. The molecule has 0 saturated heterocycles. The zero-order valence-corrected chi connectivity index (χ0v) is 6.78. The zero-order chi connectivity index (χ0) is 8.55. The lowest BCUT2D eigenvalue weighted by molar-refractivity contribution is 1.22. The molecule has 0 spiro atoms. The Morgan fingerprint density at radius 1 is 1.25 bits per heavy atom. The van der Waals surface area contributed by atoms with Crippen LogP contribution in [0.5, 0.6) is 0 Å². The number of nitrogens with two attached hydrogens (primary N) is 1. The molecule has 3 heteroatoms. The first-order valence-electron chi connectivity index (χ1n) is 3.75. The molecule has 0 bridgehead atoms. The fourth-order valence-electron chi connectivity index (χ4n) is 1.31. The summed E-state index contributed by atoms with van der Waals surface area (Å²) in [6.45, 7) is 2.00. The topological polar surface area (TPSA) is 51.8 Å². The number of benzene rings is 1. The summed E-state index contributed by atoms with van der Waals surface area (Å²) < 4.78 is 0. The smallest absolute Gasteiger partial charge is 0.134 e. The van der Waals surface area contributed by atoms with E-state index in [-0.39, 0.29) is 0 Å². The molecule has 0 aliphatic rings. The molecule has 2 rings (SSSR count). The molecule has 1 aromatic heterocycles. The Hall–Kier alpha value is -1.64. The van der Waals surface area contributed by atoms with Crippen LogP contribution in [-0.4, -0.2) is 9.97 Å². The fraction of sp³-hybridized carbons (Fsp3) is 0.111. The summed E-state index contributed by atoms with van der Waals surface area (Å²) in [7, 11) is 0. The van der Waals surface area contributed by atoms with Crippen LogP contribution in [0.15, 0.2) is 24.5 Å². The van der Waals surface area contributed by atoms with Gasteiger partial charge in [0.15, 0.2) is 0 Å². The third kappa shape index (κ3) is 0.906. The summed E-state index contributed by atoms with van der Waals surface area (Å²) in [4.78, 5) is 8.05. The second-order valence-corrected chi connectivity index (χ2v) is 2.73. The van der Waals surface area contributed by atoms with E-state index in [1.165, 1.54) is 6.33 Å². The molecule has 0 aliphatic heterocycles. The average Bonchev–Trinajstić information content (AvgIpc) is 2.04. The number of aryl methyl sites for hydroxylation is 1. The first-order valence-corrected chi connectivity index (χ1v) is 3.75. The molecule has 0 amide bonds. The molecule has 0 atom stereocenters. The van der Waals surface area contributed by atoms with E-state index in [2.05, 4.69) is 9.97 Å². The van der Waals surface area contributed by atoms with Crippen LogP contribution in [0.25, 0.3) is 10.9 Å². The van der Waals surface area contributed by atoms with Gasteiger partial charge in [-0.1, -0.05) is 12.1 Å². The number of hydrogen-bond donors (Lipinski definition) is 1. The minimum absolute atomic E-state index is 0.554. The number of fused-ring (bicyclic) bond motifs is 1. The van der Waals surface area contributed by atoms with Gasteiger partial charge in [0.25, 0.3) is 0 Å². The number of nitrogen functional groups attached to an aromatic ring is 1. The summed E-state index contributed by atoms with van der Waals surface area (Å²) in [6.07, 6.45) is 1.48. The van der Waals surface area contributed by atoms with Gasteiger partial charge < -0.3 is 5.73 Å². The van der Waals surface area contributed by atoms with E-state index in [0.717, 1.165) is 16.5 Å². The standard InChI is InChI=1S/C9H9N3/c1-6-3-2-4-7-8(6)9(10)12-5-11-7/h2-5H,1H3,(H2,10,11,12). The second kappa shape index (κ2) is 2.44. The van der Waals surface area contributed by atoms with Gasteiger partial charge in [-0.05, 0) is 18.6 Å². The third-order valence-corrected chi connectivity index (χ3v) is 1.90. The average molecular weight is 159 g/mol. The first kappa shape index (κ1) is 7.03. The predicted octanol–water partition coefficient (Wildman–Crippen LogP) is 1.52. The van der Waals surface area contributed by atoms with Crippen molar-refractivity contribution in [3.05, 3.63) is 30.1 Å². The molecule has 12 heavy (non-hydrogen) atoms. The van der Waals surface area contributed by atoms with Gasteiger partial charge in [0.05, 0.1) is 5.52 Å². The maximum atomic E-state index is 5.71. The van der Waals surface area contributed by atoms with Gasteiger partial charge in [0, 0.05) is 5.39 Å². The summed E-state index contributed by atoms with van der Waals surface area (Å²) in [6, 6.07) is 5.90. The highest BCUT2D eigenvalue weighted by Gasteiger charge is 2.00. The minimum Gasteiger partial charge on any atom is -0.383 e. The SMILES string of the molecule is Cc1cccc2ncnc(N)c12. The highest BCUT2D eigenvalue weighted by molar-refractivity contribution is 5.90. The van der Waals surface area contributed by atoms with Gasteiger partial charge in [-0.3, -0.25) is 0 Å². The van der Waals surface area contributed by atoms with Crippen LogP contribution in [0.2, 0.25) is 0 Å². The van der Waals surface area contributed by atoms with Gasteiger partial charge >= 0.3 is 0 Å². The van der Waals surface area contributed by atoms with Crippen molar-refractivity contribution >= 4 is 16.7 Å². The predicted molar refractivity (Wildman–Crippen MR) is 48.7 cm³/mol. The fourth-order valence-corrected chi connectivity index (χ4v) is 1.31. The number of hydrogen-bond acceptors (Lipinski definition) is 3. The second-order valence-electron chi connectivity index (χ2n) is 2.73. The summed E-state index contributed by atoms with van der Waals surface area (Å²) in [5.74, 6) is 0.554. The number of aromatic nitrogens is 2. The van der Waals surface area contributed by atoms with E-state index in [1.54, 1.807) is 0 Å². The monoisotopic (exact) mass is 159 g/mol. The number of rotatable bonds is 0. The van der Waals surface area contributed by atoms with Crippen molar-refractivity contribution in [1.82, 2.24) is 9.97 Å². The Kier molecular flexibility index (Phi) is 1.43. The summed E-state index contributed by atoms with van der Waals surface area (Å²) in [5, 5.41) is 0.958. The molecular formula is C9H9N3. The van der Waals surface area contributed by atoms with Crippen LogP contribution >= 0.6 is 0 Å². The van der Waals surface area contributed by atoms with Crippen molar-refractivity contribution in [1.29, 1.82) is 0 Å². The van der Waals surface area contributed by atoms with Crippen LogP contribution in [0, 0.1) is 6.92 Å². The van der Waals surface area contributed by atoms with E-state index in [1.807, 2.05) is 25.1 Å². The number of nitrogens with zero attached hydrogens (tertiary/aromatic N) is 2. The van der Waals surface area contributed by atoms with E-state index < -0.39 is 0 Å². The molecular weight excluding hydrogens is 150 g/mol. The molecule has 0 unspecified atom stereocenters. The van der Waals surface area contributed by atoms with Crippen LogP contribution in [0.4, 0.5) is 5.82 Å². The molecule has 1 aromatic carbocycles. The van der Waals surface area contributed by atoms with Crippen LogP contribution in [0.1, 0.15) is 5.56 Å². The van der Waals surface area contributed by atoms with E-state index >= 15 is 0 Å². The van der Waals surface area contributed by atoms with Crippen LogP contribution < -0.4 is 5.73 Å². The van der Waals surface area contributed by atoms with Crippen molar-refractivity contribution in [2.24, 2.45) is 0 Å². The molecule has 0 fully saturated rings. The van der Waals surface area contributed by atoms with Crippen molar-refractivity contribution in [2.75, 3.05) is 5.73 Å². The van der Waals surface area contributed by atoms with E-state index in [4.69, 9.17) is 5.73 Å². The van der Waals surface area contributed by atoms with Gasteiger partial charge in [-0.2, -0.15) is 0 Å². The van der Waals surface area contributed by atoms with Gasteiger partial charge in [0.1, 0.15) is 12.1 Å². The highest BCUT2D eigenvalue weighted by atomic mass is 14.9. The molecule has 0 saturated carbocycles. The zero-order valence-electron chi connectivity index (χ0n) is 6.78. The lowest BCUT2D eigenvalue weighted by Crippen LogP contribution is -1.94. The van der Waals surface area contributed by atoms with Crippen molar-refractivity contribution < 1.29 is 0 Å². The van der Waals surface area contributed by atoms with Gasteiger partial charge in [0.2, 0.25) is 0 Å². The highest BCUT2D eigenvalue weighted by Crippen LogP contribution is 2.19. The first-order chi connectivity index (χ1) is 5.79. The maximum absolute atomic E-state index is 5.71. The van der Waals surface area contributed by atoms with Crippen LogP contribution in [-0.2, 0) is 0 Å². The van der Waals surface area contributed by atoms with Crippen molar-refractivity contribution in [3.8, 4) is 0 Å². The molecule has 60 valence electrons. The largest absolute Gasteiger partial charge is 0.383 e. The summed E-state index contributed by atoms with van der Waals surface area (Å²) >= 11 is 0. The summed E-state index contributed by atoms with van der Waals surface area (Å²) in [5.41, 5.74) is 7.73. The van der Waals surface area contributed by atoms with E-state index in [0.29, 0.717) is 5.82 Å².